The quantitative estimate of drug-likeness (QED) is 0.866. The molecule has 0 amide bonds. The Morgan fingerprint density at radius 3 is 2.71 bits per heavy atom. The second kappa shape index (κ2) is 7.04. The van der Waals surface area contributed by atoms with Gasteiger partial charge in [0, 0.05) is 19.1 Å². The van der Waals surface area contributed by atoms with Gasteiger partial charge >= 0.3 is 0 Å². The van der Waals surface area contributed by atoms with Gasteiger partial charge in [0.25, 0.3) is 0 Å². The zero-order valence-corrected chi connectivity index (χ0v) is 13.1. The summed E-state index contributed by atoms with van der Waals surface area (Å²) in [7, 11) is 4.23. The third-order valence-corrected chi connectivity index (χ3v) is 4.36. The van der Waals surface area contributed by atoms with E-state index in [2.05, 4.69) is 30.0 Å². The van der Waals surface area contributed by atoms with Crippen LogP contribution in [0.5, 0.6) is 0 Å². The fraction of sp³-hybridized carbons (Fsp3) is 0.588. The minimum absolute atomic E-state index is 0.596. The van der Waals surface area contributed by atoms with E-state index in [0.717, 1.165) is 25.2 Å². The van der Waals surface area contributed by atoms with Crippen LogP contribution in [0.15, 0.2) is 30.3 Å². The highest BCUT2D eigenvalue weighted by Crippen LogP contribution is 2.24. The molecule has 0 aromatic heterocycles. The van der Waals surface area contributed by atoms with E-state index in [9.17, 15) is 5.26 Å². The minimum Gasteiger partial charge on any atom is -0.310 e. The lowest BCUT2D eigenvalue weighted by Crippen LogP contribution is -2.43. The summed E-state index contributed by atoms with van der Waals surface area (Å²) in [5.74, 6) is 0. The molecule has 0 saturated carbocycles. The number of nitrogens with two attached hydrogens (primary N) is 1. The predicted octanol–water partition coefficient (Wildman–Crippen LogP) is 1.78. The molecule has 0 aliphatic carbocycles. The molecule has 2 unspecified atom stereocenters. The van der Waals surface area contributed by atoms with Crippen LogP contribution in [-0.2, 0) is 5.54 Å². The molecule has 2 N–H and O–H groups in total. The maximum absolute atomic E-state index is 9.52. The molecule has 1 heterocycles. The fourth-order valence-corrected chi connectivity index (χ4v) is 3.14. The molecule has 0 radical (unpaired) electrons. The number of benzene rings is 1. The average molecular weight is 286 g/mol. The van der Waals surface area contributed by atoms with Gasteiger partial charge in [-0.1, -0.05) is 30.3 Å². The Balaban J connectivity index is 1.99. The van der Waals surface area contributed by atoms with Crippen LogP contribution in [0, 0.1) is 11.3 Å². The van der Waals surface area contributed by atoms with Gasteiger partial charge in [0.05, 0.1) is 6.07 Å². The molecule has 1 fully saturated rings. The van der Waals surface area contributed by atoms with Gasteiger partial charge in [-0.25, -0.2) is 0 Å². The molecule has 2 atom stereocenters. The number of likely N-dealkylation sites (N-methyl/N-ethyl adjacent to an activating group) is 1. The highest BCUT2D eigenvalue weighted by Gasteiger charge is 2.31. The summed E-state index contributed by atoms with van der Waals surface area (Å²) in [4.78, 5) is 4.72. The zero-order valence-electron chi connectivity index (χ0n) is 13.1. The van der Waals surface area contributed by atoms with Crippen molar-refractivity contribution in [3.05, 3.63) is 35.9 Å². The lowest BCUT2D eigenvalue weighted by atomic mass is 9.89. The largest absolute Gasteiger partial charge is 0.310 e. The summed E-state index contributed by atoms with van der Waals surface area (Å²) in [5, 5.41) is 9.52. The highest BCUT2D eigenvalue weighted by molar-refractivity contribution is 5.30. The first-order valence-corrected chi connectivity index (χ1v) is 7.69. The van der Waals surface area contributed by atoms with Crippen molar-refractivity contribution in [2.24, 2.45) is 5.73 Å². The summed E-state index contributed by atoms with van der Waals surface area (Å²) >= 11 is 0. The first kappa shape index (κ1) is 16.0. The summed E-state index contributed by atoms with van der Waals surface area (Å²) in [5.41, 5.74) is 6.38. The second-order valence-corrected chi connectivity index (χ2v) is 6.29. The summed E-state index contributed by atoms with van der Waals surface area (Å²) in [6.07, 6.45) is 3.17. The number of likely N-dealkylation sites (tertiary alicyclic amines) is 1. The number of hydrogen-bond donors (Lipinski definition) is 1. The smallest absolute Gasteiger partial charge is 0.131 e. The van der Waals surface area contributed by atoms with E-state index in [-0.39, 0.29) is 0 Å². The van der Waals surface area contributed by atoms with Crippen molar-refractivity contribution in [3.63, 3.8) is 0 Å². The molecule has 1 aromatic rings. The van der Waals surface area contributed by atoms with E-state index in [1.54, 1.807) is 0 Å². The van der Waals surface area contributed by atoms with Gasteiger partial charge in [-0.15, -0.1) is 0 Å². The summed E-state index contributed by atoms with van der Waals surface area (Å²) in [6, 6.07) is 12.6. The van der Waals surface area contributed by atoms with Crippen LogP contribution in [0.1, 0.15) is 24.8 Å². The monoisotopic (exact) mass is 286 g/mol. The molecule has 1 saturated heterocycles. The maximum atomic E-state index is 9.52. The molecule has 1 aromatic carbocycles. The van der Waals surface area contributed by atoms with Gasteiger partial charge in [-0.3, -0.25) is 4.90 Å². The Labute approximate surface area is 128 Å². The van der Waals surface area contributed by atoms with Gasteiger partial charge in [0.15, 0.2) is 0 Å². The van der Waals surface area contributed by atoms with Crippen molar-refractivity contribution >= 4 is 0 Å². The SMILES string of the molecule is CN(C)CC1CCCN1CCC(N)(C#N)c1ccccc1. The van der Waals surface area contributed by atoms with Crippen molar-refractivity contribution in [2.45, 2.75) is 30.8 Å². The van der Waals surface area contributed by atoms with E-state index in [4.69, 9.17) is 5.73 Å². The second-order valence-electron chi connectivity index (χ2n) is 6.29. The third-order valence-electron chi connectivity index (χ3n) is 4.36. The van der Waals surface area contributed by atoms with E-state index in [1.807, 2.05) is 30.3 Å². The Hall–Kier alpha value is -1.41. The first-order chi connectivity index (χ1) is 10.0. The fourth-order valence-electron chi connectivity index (χ4n) is 3.14. The highest BCUT2D eigenvalue weighted by atomic mass is 15.2. The van der Waals surface area contributed by atoms with Crippen molar-refractivity contribution in [3.8, 4) is 6.07 Å². The van der Waals surface area contributed by atoms with Crippen LogP contribution in [0.4, 0.5) is 0 Å². The van der Waals surface area contributed by atoms with Gasteiger partial charge in [0.1, 0.15) is 5.54 Å². The van der Waals surface area contributed by atoms with E-state index < -0.39 is 5.54 Å². The maximum Gasteiger partial charge on any atom is 0.131 e. The van der Waals surface area contributed by atoms with Crippen LogP contribution in [0.3, 0.4) is 0 Å². The molecule has 1 aliphatic heterocycles. The lowest BCUT2D eigenvalue weighted by Gasteiger charge is -2.30. The van der Waals surface area contributed by atoms with Crippen LogP contribution in [0.25, 0.3) is 0 Å². The summed E-state index contributed by atoms with van der Waals surface area (Å²) < 4.78 is 0. The van der Waals surface area contributed by atoms with Crippen molar-refractivity contribution in [1.82, 2.24) is 9.80 Å². The molecule has 114 valence electrons. The van der Waals surface area contributed by atoms with E-state index in [1.165, 1.54) is 12.8 Å². The lowest BCUT2D eigenvalue weighted by molar-refractivity contribution is 0.196. The molecular weight excluding hydrogens is 260 g/mol. The number of nitriles is 1. The molecule has 21 heavy (non-hydrogen) atoms. The van der Waals surface area contributed by atoms with Crippen LogP contribution < -0.4 is 5.73 Å². The van der Waals surface area contributed by atoms with Gasteiger partial charge < -0.3 is 10.6 Å². The van der Waals surface area contributed by atoms with Crippen LogP contribution >= 0.6 is 0 Å². The molecule has 0 bridgehead atoms. The van der Waals surface area contributed by atoms with E-state index in [0.29, 0.717) is 12.5 Å². The Morgan fingerprint density at radius 2 is 2.10 bits per heavy atom. The zero-order chi connectivity index (χ0) is 15.3. The van der Waals surface area contributed by atoms with Gasteiger partial charge in [-0.05, 0) is 45.5 Å². The molecule has 4 heteroatoms. The first-order valence-electron chi connectivity index (χ1n) is 7.69. The number of rotatable bonds is 6. The molecule has 2 rings (SSSR count). The number of nitrogens with zero attached hydrogens (tertiary/aromatic N) is 3. The van der Waals surface area contributed by atoms with Crippen molar-refractivity contribution in [2.75, 3.05) is 33.7 Å². The van der Waals surface area contributed by atoms with E-state index >= 15 is 0 Å². The predicted molar refractivity (Wildman–Crippen MR) is 85.7 cm³/mol. The minimum atomic E-state index is -0.882. The molecular formula is C17H26N4. The van der Waals surface area contributed by atoms with Gasteiger partial charge in [-0.2, -0.15) is 5.26 Å². The topological polar surface area (TPSA) is 56.3 Å². The number of hydrogen-bond acceptors (Lipinski definition) is 4. The van der Waals surface area contributed by atoms with Crippen molar-refractivity contribution < 1.29 is 0 Å². The van der Waals surface area contributed by atoms with Crippen molar-refractivity contribution in [1.29, 1.82) is 5.26 Å². The Bertz CT molecular complexity index is 479. The van der Waals surface area contributed by atoms with Gasteiger partial charge in [0.2, 0.25) is 0 Å². The van der Waals surface area contributed by atoms with Crippen LogP contribution in [-0.4, -0.2) is 49.6 Å². The average Bonchev–Trinajstić information content (AvgIpc) is 2.92. The molecule has 1 aliphatic rings. The molecule has 4 nitrogen and oxygen atoms in total. The Kier molecular flexibility index (Phi) is 5.35. The standard InChI is InChI=1S/C17H26N4/c1-20(2)13-16-9-6-11-21(16)12-10-17(19,14-18)15-7-4-3-5-8-15/h3-5,7-8,16H,6,9-13,19H2,1-2H3. The summed E-state index contributed by atoms with van der Waals surface area (Å²) in [6.45, 7) is 3.09. The Morgan fingerprint density at radius 1 is 1.38 bits per heavy atom. The normalized spacial score (nSPS) is 22.1. The third kappa shape index (κ3) is 4.04. The molecule has 0 spiro atoms. The van der Waals surface area contributed by atoms with Crippen LogP contribution in [0.2, 0.25) is 0 Å².